The molecule has 3 nitrogen and oxygen atoms in total. The molecule has 0 spiro atoms. The van der Waals surface area contributed by atoms with Gasteiger partial charge in [0.1, 0.15) is 5.76 Å². The van der Waals surface area contributed by atoms with Gasteiger partial charge in [0, 0.05) is 4.90 Å². The van der Waals surface area contributed by atoms with E-state index in [-0.39, 0.29) is 0 Å². The fourth-order valence-electron chi connectivity index (χ4n) is 1.40. The molecule has 0 saturated heterocycles. The zero-order chi connectivity index (χ0) is 12.4. The normalized spacial score (nSPS) is 12.7. The molecule has 0 aliphatic heterocycles. The number of aliphatic hydroxyl groups excluding tert-OH is 1. The zero-order valence-corrected chi connectivity index (χ0v) is 10.9. The quantitative estimate of drug-likeness (QED) is 0.904. The van der Waals surface area contributed by atoms with Gasteiger partial charge in [0.05, 0.1) is 11.8 Å². The van der Waals surface area contributed by atoms with E-state index in [1.807, 2.05) is 38.1 Å². The molecule has 2 aromatic rings. The Morgan fingerprint density at radius 3 is 2.35 bits per heavy atom. The van der Waals surface area contributed by atoms with Crippen LogP contribution >= 0.6 is 11.8 Å². The lowest BCUT2D eigenvalue weighted by Crippen LogP contribution is -1.89. The molecule has 1 N–H and O–H groups in total. The van der Waals surface area contributed by atoms with Crippen LogP contribution in [0.2, 0.25) is 0 Å². The molecule has 0 amide bonds. The maximum atomic E-state index is 9.41. The molecule has 2 rings (SSSR count). The van der Waals surface area contributed by atoms with Crippen LogP contribution in [0.25, 0.3) is 0 Å². The van der Waals surface area contributed by atoms with Crippen molar-refractivity contribution in [3.8, 4) is 0 Å². The first kappa shape index (κ1) is 12.2. The molecule has 1 heterocycles. The highest BCUT2D eigenvalue weighted by molar-refractivity contribution is 7.99. The van der Waals surface area contributed by atoms with E-state index in [0.29, 0.717) is 5.22 Å². The van der Waals surface area contributed by atoms with Crippen molar-refractivity contribution in [3.05, 3.63) is 41.3 Å². The maximum Gasteiger partial charge on any atom is 0.260 e. The highest BCUT2D eigenvalue weighted by Gasteiger charge is 2.07. The molecule has 1 atom stereocenters. The van der Waals surface area contributed by atoms with Crippen LogP contribution in [0, 0.1) is 13.8 Å². The van der Waals surface area contributed by atoms with Crippen molar-refractivity contribution in [2.45, 2.75) is 37.0 Å². The van der Waals surface area contributed by atoms with Gasteiger partial charge in [-0.25, -0.2) is 4.98 Å². The molecule has 0 radical (unpaired) electrons. The van der Waals surface area contributed by atoms with Crippen molar-refractivity contribution in [2.24, 2.45) is 0 Å². The first-order valence-corrected chi connectivity index (χ1v) is 6.28. The minimum absolute atomic E-state index is 0.430. The second kappa shape index (κ2) is 4.94. The van der Waals surface area contributed by atoms with E-state index in [1.54, 1.807) is 6.92 Å². The van der Waals surface area contributed by atoms with Crippen molar-refractivity contribution >= 4 is 11.8 Å². The van der Waals surface area contributed by atoms with E-state index in [4.69, 9.17) is 4.42 Å². The Bertz CT molecular complexity index is 483. The summed E-state index contributed by atoms with van der Waals surface area (Å²) >= 11 is 1.48. The molecule has 0 fully saturated rings. The Morgan fingerprint density at radius 1 is 1.24 bits per heavy atom. The van der Waals surface area contributed by atoms with Crippen LogP contribution in [-0.4, -0.2) is 10.1 Å². The van der Waals surface area contributed by atoms with Crippen LogP contribution in [-0.2, 0) is 0 Å². The summed E-state index contributed by atoms with van der Waals surface area (Å²) in [6, 6.07) is 7.74. The number of rotatable bonds is 3. The third kappa shape index (κ3) is 2.90. The van der Waals surface area contributed by atoms with E-state index < -0.39 is 6.10 Å². The zero-order valence-electron chi connectivity index (χ0n) is 10.1. The number of aromatic nitrogens is 1. The lowest BCUT2D eigenvalue weighted by atomic mass is 10.1. The predicted molar refractivity (Wildman–Crippen MR) is 67.2 cm³/mol. The number of oxazole rings is 1. The molecular formula is C13H15NO2S. The Morgan fingerprint density at radius 2 is 1.88 bits per heavy atom. The number of benzene rings is 1. The molecule has 0 saturated carbocycles. The first-order valence-electron chi connectivity index (χ1n) is 5.46. The predicted octanol–water partition coefficient (Wildman–Crippen LogP) is 3.50. The molecule has 4 heteroatoms. The van der Waals surface area contributed by atoms with Crippen molar-refractivity contribution < 1.29 is 9.52 Å². The summed E-state index contributed by atoms with van der Waals surface area (Å²) in [6.07, 6.45) is -0.430. The van der Waals surface area contributed by atoms with Crippen molar-refractivity contribution in [1.82, 2.24) is 4.98 Å². The number of hydrogen-bond donors (Lipinski definition) is 1. The van der Waals surface area contributed by atoms with Crippen LogP contribution in [0.3, 0.4) is 0 Å². The number of aryl methyl sites for hydroxylation is 2. The average molecular weight is 249 g/mol. The van der Waals surface area contributed by atoms with E-state index >= 15 is 0 Å². The topological polar surface area (TPSA) is 46.3 Å². The summed E-state index contributed by atoms with van der Waals surface area (Å²) in [6.45, 7) is 5.59. The largest absolute Gasteiger partial charge is 0.436 e. The van der Waals surface area contributed by atoms with Crippen molar-refractivity contribution in [1.29, 1.82) is 0 Å². The van der Waals surface area contributed by atoms with E-state index in [2.05, 4.69) is 4.98 Å². The van der Waals surface area contributed by atoms with Crippen LogP contribution in [0.15, 0.2) is 38.8 Å². The van der Waals surface area contributed by atoms with E-state index in [9.17, 15) is 5.11 Å². The Hall–Kier alpha value is -1.26. The maximum absolute atomic E-state index is 9.41. The summed E-state index contributed by atoms with van der Waals surface area (Å²) in [5, 5.41) is 10.1. The Labute approximate surface area is 105 Å². The monoisotopic (exact) mass is 249 g/mol. The van der Waals surface area contributed by atoms with Crippen LogP contribution in [0.4, 0.5) is 0 Å². The lowest BCUT2D eigenvalue weighted by molar-refractivity contribution is 0.199. The fraction of sp³-hybridized carbons (Fsp3) is 0.308. The fourth-order valence-corrected chi connectivity index (χ4v) is 2.23. The molecule has 1 unspecified atom stereocenters. The van der Waals surface area contributed by atoms with Gasteiger partial charge in [-0.3, -0.25) is 0 Å². The number of nitrogens with zero attached hydrogens (tertiary/aromatic N) is 1. The lowest BCUT2D eigenvalue weighted by Gasteiger charge is -2.04. The summed E-state index contributed by atoms with van der Waals surface area (Å²) in [5.74, 6) is 0.855. The molecule has 1 aromatic heterocycles. The molecule has 90 valence electrons. The second-order valence-electron chi connectivity index (χ2n) is 3.97. The molecule has 0 aliphatic carbocycles. The van der Waals surface area contributed by atoms with Crippen LogP contribution < -0.4 is 0 Å². The molecule has 0 aliphatic rings. The Kier molecular flexibility index (Phi) is 3.54. The standard InChI is InChI=1S/C13H15NO2S/c1-8-10(3)16-13(14-8)17-12-6-4-11(5-7-12)9(2)15/h4-7,9,15H,1-3H3. The molecule has 0 bridgehead atoms. The van der Waals surface area contributed by atoms with Crippen LogP contribution in [0.5, 0.6) is 0 Å². The molecular weight excluding hydrogens is 234 g/mol. The highest BCUT2D eigenvalue weighted by Crippen LogP contribution is 2.29. The second-order valence-corrected chi connectivity index (χ2v) is 4.99. The smallest absolute Gasteiger partial charge is 0.260 e. The molecule has 1 aromatic carbocycles. The van der Waals surface area contributed by atoms with Gasteiger partial charge in [-0.2, -0.15) is 0 Å². The van der Waals surface area contributed by atoms with Gasteiger partial charge >= 0.3 is 0 Å². The minimum atomic E-state index is -0.430. The average Bonchev–Trinajstić information content (AvgIpc) is 2.58. The third-order valence-electron chi connectivity index (χ3n) is 2.58. The summed E-state index contributed by atoms with van der Waals surface area (Å²) in [4.78, 5) is 5.36. The first-order chi connectivity index (χ1) is 8.06. The van der Waals surface area contributed by atoms with Crippen molar-refractivity contribution in [2.75, 3.05) is 0 Å². The molecule has 17 heavy (non-hydrogen) atoms. The highest BCUT2D eigenvalue weighted by atomic mass is 32.2. The summed E-state index contributed by atoms with van der Waals surface area (Å²) in [5.41, 5.74) is 1.84. The number of hydrogen-bond acceptors (Lipinski definition) is 4. The van der Waals surface area contributed by atoms with Gasteiger partial charge in [-0.05, 0) is 50.2 Å². The van der Waals surface area contributed by atoms with Crippen LogP contribution in [0.1, 0.15) is 30.0 Å². The van der Waals surface area contributed by atoms with Crippen molar-refractivity contribution in [3.63, 3.8) is 0 Å². The Balaban J connectivity index is 2.13. The van der Waals surface area contributed by atoms with Gasteiger partial charge in [0.15, 0.2) is 0 Å². The van der Waals surface area contributed by atoms with Gasteiger partial charge < -0.3 is 9.52 Å². The van der Waals surface area contributed by atoms with E-state index in [1.165, 1.54) is 11.8 Å². The van der Waals surface area contributed by atoms with Gasteiger partial charge in [0.2, 0.25) is 0 Å². The SMILES string of the molecule is Cc1nc(Sc2ccc(C(C)O)cc2)oc1C. The van der Waals surface area contributed by atoms with Gasteiger partial charge in [-0.15, -0.1) is 0 Å². The van der Waals surface area contributed by atoms with Gasteiger partial charge in [-0.1, -0.05) is 12.1 Å². The number of aliphatic hydroxyl groups is 1. The van der Waals surface area contributed by atoms with E-state index in [0.717, 1.165) is 21.9 Å². The minimum Gasteiger partial charge on any atom is -0.436 e. The summed E-state index contributed by atoms with van der Waals surface area (Å²) < 4.78 is 5.50. The van der Waals surface area contributed by atoms with Gasteiger partial charge in [0.25, 0.3) is 5.22 Å². The summed E-state index contributed by atoms with van der Waals surface area (Å²) in [7, 11) is 0. The third-order valence-corrected chi connectivity index (χ3v) is 3.43.